The molecule has 1 fully saturated rings. The summed E-state index contributed by atoms with van der Waals surface area (Å²) in [5, 5.41) is 9.24. The Kier molecular flexibility index (Phi) is 6.75. The fourth-order valence-electron chi connectivity index (χ4n) is 2.85. The summed E-state index contributed by atoms with van der Waals surface area (Å²) in [6.45, 7) is 2.21. The van der Waals surface area contributed by atoms with E-state index in [4.69, 9.17) is 0 Å². The van der Waals surface area contributed by atoms with E-state index in [1.807, 2.05) is 11.8 Å². The molecule has 3 heteroatoms. The summed E-state index contributed by atoms with van der Waals surface area (Å²) < 4.78 is 0. The molecule has 19 heavy (non-hydrogen) atoms. The minimum absolute atomic E-state index is 0.284. The van der Waals surface area contributed by atoms with Crippen molar-refractivity contribution in [2.75, 3.05) is 25.4 Å². The topological polar surface area (TPSA) is 23.5 Å². The van der Waals surface area contributed by atoms with E-state index in [0.717, 1.165) is 18.8 Å². The van der Waals surface area contributed by atoms with Crippen LogP contribution in [0.4, 0.5) is 0 Å². The summed E-state index contributed by atoms with van der Waals surface area (Å²) >= 11 is 1.92. The normalized spacial score (nSPS) is 16.9. The quantitative estimate of drug-likeness (QED) is 0.774. The molecule has 0 radical (unpaired) electrons. The second-order valence-electron chi connectivity index (χ2n) is 5.21. The van der Waals surface area contributed by atoms with Gasteiger partial charge in [0.15, 0.2) is 0 Å². The van der Waals surface area contributed by atoms with Gasteiger partial charge in [-0.25, -0.2) is 0 Å². The molecule has 2 nitrogen and oxygen atoms in total. The number of hydrogen-bond acceptors (Lipinski definition) is 3. The Bertz CT molecular complexity index is 338. The first kappa shape index (κ1) is 14.9. The van der Waals surface area contributed by atoms with Gasteiger partial charge in [0.2, 0.25) is 0 Å². The van der Waals surface area contributed by atoms with Gasteiger partial charge in [-0.05, 0) is 25.0 Å². The van der Waals surface area contributed by atoms with Gasteiger partial charge in [-0.3, -0.25) is 4.90 Å². The van der Waals surface area contributed by atoms with E-state index in [1.54, 1.807) is 0 Å². The van der Waals surface area contributed by atoms with Gasteiger partial charge in [-0.15, -0.1) is 11.8 Å². The van der Waals surface area contributed by atoms with Crippen LogP contribution in [0.1, 0.15) is 32.1 Å². The van der Waals surface area contributed by atoms with Crippen molar-refractivity contribution >= 4 is 11.8 Å². The van der Waals surface area contributed by atoms with Crippen molar-refractivity contribution in [2.24, 2.45) is 0 Å². The molecule has 0 atom stereocenters. The van der Waals surface area contributed by atoms with Crippen LogP contribution >= 0.6 is 11.8 Å². The molecule has 1 aliphatic rings. The van der Waals surface area contributed by atoms with Crippen LogP contribution in [0.5, 0.6) is 0 Å². The zero-order chi connectivity index (χ0) is 13.3. The van der Waals surface area contributed by atoms with E-state index < -0.39 is 0 Å². The van der Waals surface area contributed by atoms with E-state index in [0.29, 0.717) is 6.04 Å². The van der Waals surface area contributed by atoms with E-state index in [2.05, 4.69) is 35.2 Å². The van der Waals surface area contributed by atoms with Gasteiger partial charge in [0.25, 0.3) is 0 Å². The Morgan fingerprint density at radius 2 is 1.79 bits per heavy atom. The predicted molar refractivity (Wildman–Crippen MR) is 82.7 cm³/mol. The molecule has 0 aliphatic heterocycles. The van der Waals surface area contributed by atoms with Gasteiger partial charge in [-0.2, -0.15) is 0 Å². The van der Waals surface area contributed by atoms with Crippen LogP contribution in [-0.2, 0) is 0 Å². The minimum Gasteiger partial charge on any atom is -0.395 e. The molecule has 0 saturated heterocycles. The summed E-state index contributed by atoms with van der Waals surface area (Å²) in [6.07, 6.45) is 6.74. The van der Waals surface area contributed by atoms with Gasteiger partial charge in [0.1, 0.15) is 0 Å². The molecule has 1 aromatic carbocycles. The van der Waals surface area contributed by atoms with E-state index in [-0.39, 0.29) is 6.61 Å². The Hall–Kier alpha value is -0.510. The molecular weight excluding hydrogens is 254 g/mol. The number of aliphatic hydroxyl groups excluding tert-OH is 1. The van der Waals surface area contributed by atoms with Crippen molar-refractivity contribution in [2.45, 2.75) is 43.0 Å². The largest absolute Gasteiger partial charge is 0.395 e. The van der Waals surface area contributed by atoms with Crippen LogP contribution in [0.25, 0.3) is 0 Å². The second-order valence-corrected chi connectivity index (χ2v) is 6.38. The summed E-state index contributed by atoms with van der Waals surface area (Å²) in [5.74, 6) is 1.11. The van der Waals surface area contributed by atoms with Crippen LogP contribution in [0, 0.1) is 0 Å². The van der Waals surface area contributed by atoms with Crippen LogP contribution in [-0.4, -0.2) is 41.5 Å². The number of benzene rings is 1. The number of hydrogen-bond donors (Lipinski definition) is 1. The van der Waals surface area contributed by atoms with Crippen molar-refractivity contribution in [1.29, 1.82) is 0 Å². The molecule has 0 amide bonds. The first-order valence-electron chi connectivity index (χ1n) is 7.43. The number of nitrogens with zero attached hydrogens (tertiary/aromatic N) is 1. The third-order valence-corrected chi connectivity index (χ3v) is 4.86. The third-order valence-electron chi connectivity index (χ3n) is 3.87. The van der Waals surface area contributed by atoms with Crippen molar-refractivity contribution in [3.05, 3.63) is 30.3 Å². The van der Waals surface area contributed by atoms with Gasteiger partial charge in [0, 0.05) is 29.8 Å². The Balaban J connectivity index is 1.76. The average molecular weight is 279 g/mol. The summed E-state index contributed by atoms with van der Waals surface area (Å²) in [7, 11) is 0. The van der Waals surface area contributed by atoms with Crippen molar-refractivity contribution in [3.63, 3.8) is 0 Å². The van der Waals surface area contributed by atoms with Gasteiger partial charge in [-0.1, -0.05) is 37.5 Å². The average Bonchev–Trinajstić information content (AvgIpc) is 2.48. The van der Waals surface area contributed by atoms with Crippen LogP contribution in [0.2, 0.25) is 0 Å². The molecule has 0 bridgehead atoms. The number of rotatable bonds is 7. The molecule has 0 spiro atoms. The molecule has 1 saturated carbocycles. The smallest absolute Gasteiger partial charge is 0.0558 e. The van der Waals surface area contributed by atoms with E-state index in [9.17, 15) is 5.11 Å². The third kappa shape index (κ3) is 5.17. The second kappa shape index (κ2) is 8.62. The Morgan fingerprint density at radius 1 is 1.05 bits per heavy atom. The summed E-state index contributed by atoms with van der Waals surface area (Å²) in [6, 6.07) is 11.3. The molecule has 2 rings (SSSR count). The number of aliphatic hydroxyl groups is 1. The summed E-state index contributed by atoms with van der Waals surface area (Å²) in [4.78, 5) is 3.84. The van der Waals surface area contributed by atoms with Crippen molar-refractivity contribution < 1.29 is 5.11 Å². The van der Waals surface area contributed by atoms with Gasteiger partial charge >= 0.3 is 0 Å². The Morgan fingerprint density at radius 3 is 2.47 bits per heavy atom. The van der Waals surface area contributed by atoms with Crippen LogP contribution < -0.4 is 0 Å². The molecule has 1 aromatic rings. The summed E-state index contributed by atoms with van der Waals surface area (Å²) in [5.41, 5.74) is 0. The molecular formula is C16H25NOS. The molecule has 106 valence electrons. The highest BCUT2D eigenvalue weighted by Crippen LogP contribution is 2.23. The minimum atomic E-state index is 0.284. The fraction of sp³-hybridized carbons (Fsp3) is 0.625. The SMILES string of the molecule is OCCN(CCSc1ccccc1)C1CCCCC1. The highest BCUT2D eigenvalue weighted by Gasteiger charge is 2.20. The fourth-order valence-corrected chi connectivity index (χ4v) is 3.76. The Labute approximate surface area is 121 Å². The van der Waals surface area contributed by atoms with Crippen molar-refractivity contribution in [3.8, 4) is 0 Å². The maximum absolute atomic E-state index is 9.24. The van der Waals surface area contributed by atoms with E-state index in [1.165, 1.54) is 37.0 Å². The van der Waals surface area contributed by atoms with Gasteiger partial charge < -0.3 is 5.11 Å². The molecule has 0 unspecified atom stereocenters. The molecule has 0 heterocycles. The standard InChI is InChI=1S/C16H25NOS/c18-13-11-17(15-7-3-1-4-8-15)12-14-19-16-9-5-2-6-10-16/h2,5-6,9-10,15,18H,1,3-4,7-8,11-14H2. The highest BCUT2D eigenvalue weighted by atomic mass is 32.2. The lowest BCUT2D eigenvalue weighted by Gasteiger charge is -2.33. The maximum atomic E-state index is 9.24. The van der Waals surface area contributed by atoms with Gasteiger partial charge in [0.05, 0.1) is 6.61 Å². The monoisotopic (exact) mass is 279 g/mol. The first-order valence-corrected chi connectivity index (χ1v) is 8.41. The lowest BCUT2D eigenvalue weighted by Crippen LogP contribution is -2.40. The zero-order valence-corrected chi connectivity index (χ0v) is 12.4. The molecule has 1 aliphatic carbocycles. The van der Waals surface area contributed by atoms with E-state index >= 15 is 0 Å². The molecule has 0 aromatic heterocycles. The highest BCUT2D eigenvalue weighted by molar-refractivity contribution is 7.99. The maximum Gasteiger partial charge on any atom is 0.0558 e. The van der Waals surface area contributed by atoms with Crippen molar-refractivity contribution in [1.82, 2.24) is 4.90 Å². The molecule has 1 N–H and O–H groups in total. The lowest BCUT2D eigenvalue weighted by atomic mass is 9.94. The first-order chi connectivity index (χ1) is 9.40. The predicted octanol–water partition coefficient (Wildman–Crippen LogP) is 3.41. The lowest BCUT2D eigenvalue weighted by molar-refractivity contribution is 0.131. The number of thioether (sulfide) groups is 1. The van der Waals surface area contributed by atoms with Crippen LogP contribution in [0.3, 0.4) is 0 Å². The van der Waals surface area contributed by atoms with Crippen LogP contribution in [0.15, 0.2) is 35.2 Å². The zero-order valence-electron chi connectivity index (χ0n) is 11.6.